The van der Waals surface area contributed by atoms with Crippen LogP contribution in [0.5, 0.6) is 0 Å². The summed E-state index contributed by atoms with van der Waals surface area (Å²) in [5.74, 6) is 0. The number of halogens is 5. The minimum atomic E-state index is -1.38. The van der Waals surface area contributed by atoms with Gasteiger partial charge in [0, 0.05) is 24.6 Å². The van der Waals surface area contributed by atoms with Gasteiger partial charge in [-0.3, -0.25) is 0 Å². The first-order chi connectivity index (χ1) is 19.2. The molecule has 0 aliphatic rings. The minimum absolute atomic E-state index is 0.527. The molecule has 6 aromatic rings. The Hall–Kier alpha value is -2.54. The molecule has 2 nitrogen and oxygen atoms in total. The van der Waals surface area contributed by atoms with Crippen LogP contribution in [0.15, 0.2) is 126 Å². The maximum atomic E-state index is 8.94. The summed E-state index contributed by atoms with van der Waals surface area (Å²) in [7, 11) is -1.38. The van der Waals surface area contributed by atoms with Gasteiger partial charge in [0.25, 0.3) is 0 Å². The van der Waals surface area contributed by atoms with Crippen LogP contribution in [0, 0.1) is 0 Å². The smallest absolute Gasteiger partial charge is 0.423 e. The van der Waals surface area contributed by atoms with Crippen molar-refractivity contribution in [1.82, 2.24) is 0 Å². The van der Waals surface area contributed by atoms with E-state index < -0.39 is 7.12 Å². The monoisotopic (exact) mass is 668 g/mol. The van der Waals surface area contributed by atoms with Crippen molar-refractivity contribution < 1.29 is 10.0 Å². The van der Waals surface area contributed by atoms with Gasteiger partial charge in [-0.05, 0) is 80.6 Å². The van der Waals surface area contributed by atoms with E-state index in [4.69, 9.17) is 56.5 Å². The molecule has 0 amide bonds. The van der Waals surface area contributed by atoms with Crippen LogP contribution < -0.4 is 5.46 Å². The molecule has 6 aromatic carbocycles. The summed E-state index contributed by atoms with van der Waals surface area (Å²) in [6, 6.07) is 38.7. The molecule has 0 aliphatic heterocycles. The molecule has 200 valence electrons. The first kappa shape index (κ1) is 30.4. The Labute approximate surface area is 262 Å². The fraction of sp³-hybridized carbons (Fsp3) is 0. The van der Waals surface area contributed by atoms with Gasteiger partial charge in [-0.2, -0.15) is 0 Å². The van der Waals surface area contributed by atoms with Crippen LogP contribution in [0.25, 0.3) is 32.7 Å². The van der Waals surface area contributed by atoms with Gasteiger partial charge < -0.3 is 10.0 Å². The van der Waals surface area contributed by atoms with Crippen molar-refractivity contribution in [2.45, 2.75) is 0 Å². The standard InChI is InChI=1S/C16H10Cl2.C10H9BO2.C6H3BrCl2/c17-15-8-14(9-16(18)10-15)13-6-5-11-3-1-2-4-12(11)7-13;12-11(13)10-6-5-8-3-1-2-4-9(8)7-10;7-4-1-5(8)3-6(9)2-4/h1-10H;1-7,12-13H;1-3H. The molecule has 40 heavy (non-hydrogen) atoms. The molecule has 0 atom stereocenters. The second kappa shape index (κ2) is 14.4. The largest absolute Gasteiger partial charge is 0.488 e. The van der Waals surface area contributed by atoms with Crippen LogP contribution in [0.1, 0.15) is 0 Å². The quantitative estimate of drug-likeness (QED) is 0.180. The predicted molar refractivity (Wildman–Crippen MR) is 177 cm³/mol. The third kappa shape index (κ3) is 8.73. The number of rotatable bonds is 2. The van der Waals surface area contributed by atoms with Crippen LogP contribution >= 0.6 is 62.3 Å². The van der Waals surface area contributed by atoms with Crippen molar-refractivity contribution in [3.05, 3.63) is 146 Å². The summed E-state index contributed by atoms with van der Waals surface area (Å²) in [5, 5.41) is 25.1. The molecule has 0 aliphatic carbocycles. The second-order valence-electron chi connectivity index (χ2n) is 8.79. The zero-order valence-corrected chi connectivity index (χ0v) is 25.5. The van der Waals surface area contributed by atoms with Crippen molar-refractivity contribution in [2.75, 3.05) is 0 Å². The van der Waals surface area contributed by atoms with Gasteiger partial charge in [0.15, 0.2) is 0 Å². The molecule has 0 fully saturated rings. The van der Waals surface area contributed by atoms with Crippen molar-refractivity contribution in [2.24, 2.45) is 0 Å². The lowest BCUT2D eigenvalue weighted by atomic mass is 9.79. The molecule has 0 saturated carbocycles. The number of hydrogen-bond donors (Lipinski definition) is 2. The Morgan fingerprint density at radius 1 is 0.450 bits per heavy atom. The fourth-order valence-electron chi connectivity index (χ4n) is 3.98. The highest BCUT2D eigenvalue weighted by Crippen LogP contribution is 2.29. The van der Waals surface area contributed by atoms with E-state index in [0.29, 0.717) is 25.6 Å². The van der Waals surface area contributed by atoms with E-state index in [1.165, 1.54) is 10.8 Å². The van der Waals surface area contributed by atoms with Crippen molar-refractivity contribution >= 4 is 96.5 Å². The van der Waals surface area contributed by atoms with Gasteiger partial charge in [0.05, 0.1) is 0 Å². The predicted octanol–water partition coefficient (Wildman–Crippen LogP) is 10.1. The lowest BCUT2D eigenvalue weighted by Crippen LogP contribution is -2.29. The van der Waals surface area contributed by atoms with Crippen molar-refractivity contribution in [1.29, 1.82) is 0 Å². The lowest BCUT2D eigenvalue weighted by molar-refractivity contribution is 0.426. The summed E-state index contributed by atoms with van der Waals surface area (Å²) in [4.78, 5) is 0. The van der Waals surface area contributed by atoms with Crippen LogP contribution in [0.4, 0.5) is 0 Å². The summed E-state index contributed by atoms with van der Waals surface area (Å²) in [6.45, 7) is 0. The molecular weight excluding hydrogens is 649 g/mol. The number of fused-ring (bicyclic) bond motifs is 2. The van der Waals surface area contributed by atoms with Crippen LogP contribution in [-0.2, 0) is 0 Å². The summed E-state index contributed by atoms with van der Waals surface area (Å²) in [6.07, 6.45) is 0. The average Bonchev–Trinajstić information content (AvgIpc) is 2.92. The summed E-state index contributed by atoms with van der Waals surface area (Å²) >= 11 is 26.6. The molecule has 0 radical (unpaired) electrons. The molecule has 8 heteroatoms. The van der Waals surface area contributed by atoms with Crippen molar-refractivity contribution in [3.63, 3.8) is 0 Å². The first-order valence-electron chi connectivity index (χ1n) is 12.1. The number of hydrogen-bond acceptors (Lipinski definition) is 2. The van der Waals surface area contributed by atoms with Crippen LogP contribution in [0.2, 0.25) is 20.1 Å². The summed E-state index contributed by atoms with van der Waals surface area (Å²) in [5.41, 5.74) is 2.69. The maximum Gasteiger partial charge on any atom is 0.488 e. The highest BCUT2D eigenvalue weighted by Gasteiger charge is 2.10. The van der Waals surface area contributed by atoms with E-state index >= 15 is 0 Å². The number of benzene rings is 6. The van der Waals surface area contributed by atoms with E-state index in [2.05, 4.69) is 46.3 Å². The van der Waals surface area contributed by atoms with Gasteiger partial charge >= 0.3 is 7.12 Å². The Morgan fingerprint density at radius 2 is 0.900 bits per heavy atom. The fourth-order valence-corrected chi connectivity index (χ4v) is 5.79. The third-order valence-electron chi connectivity index (χ3n) is 5.84. The highest BCUT2D eigenvalue weighted by atomic mass is 79.9. The van der Waals surface area contributed by atoms with Gasteiger partial charge in [0.2, 0.25) is 0 Å². The highest BCUT2D eigenvalue weighted by molar-refractivity contribution is 9.10. The summed E-state index contributed by atoms with van der Waals surface area (Å²) < 4.78 is 0.903. The maximum absolute atomic E-state index is 8.94. The molecule has 0 bridgehead atoms. The van der Waals surface area contributed by atoms with Gasteiger partial charge in [0.1, 0.15) is 0 Å². The molecule has 0 saturated heterocycles. The zero-order chi connectivity index (χ0) is 28.6. The third-order valence-corrected chi connectivity index (χ3v) is 7.18. The van der Waals surface area contributed by atoms with Gasteiger partial charge in [-0.25, -0.2) is 0 Å². The minimum Gasteiger partial charge on any atom is -0.423 e. The van der Waals surface area contributed by atoms with Gasteiger partial charge in [-0.1, -0.05) is 141 Å². The van der Waals surface area contributed by atoms with E-state index in [-0.39, 0.29) is 0 Å². The Bertz CT molecular complexity index is 1690. The Balaban J connectivity index is 0.000000148. The average molecular weight is 671 g/mol. The Kier molecular flexibility index (Phi) is 10.9. The molecule has 0 aromatic heterocycles. The molecule has 0 spiro atoms. The van der Waals surface area contributed by atoms with Crippen molar-refractivity contribution in [3.8, 4) is 11.1 Å². The molecule has 6 rings (SSSR count). The molecular formula is C32H22BBrCl4O2. The molecule has 0 unspecified atom stereocenters. The first-order valence-corrected chi connectivity index (χ1v) is 14.4. The zero-order valence-electron chi connectivity index (χ0n) is 20.9. The van der Waals surface area contributed by atoms with Crippen LogP contribution in [0.3, 0.4) is 0 Å². The molecule has 0 heterocycles. The SMILES string of the molecule is Clc1cc(Cl)cc(-c2ccc3ccccc3c2)c1.Clc1cc(Cl)cc(Br)c1.OB(O)c1ccc2ccccc2c1. The van der Waals surface area contributed by atoms with Gasteiger partial charge in [-0.15, -0.1) is 0 Å². The lowest BCUT2D eigenvalue weighted by Gasteiger charge is -2.05. The van der Waals surface area contributed by atoms with E-state index in [1.807, 2.05) is 54.6 Å². The normalized spacial score (nSPS) is 10.4. The van der Waals surface area contributed by atoms with E-state index in [1.54, 1.807) is 36.4 Å². The van der Waals surface area contributed by atoms with Crippen LogP contribution in [-0.4, -0.2) is 17.2 Å². The topological polar surface area (TPSA) is 40.5 Å². The second-order valence-corrected chi connectivity index (χ2v) is 11.4. The molecule has 2 N–H and O–H groups in total. The van der Waals surface area contributed by atoms with E-state index in [0.717, 1.165) is 26.4 Å². The Morgan fingerprint density at radius 3 is 1.40 bits per heavy atom. The van der Waals surface area contributed by atoms with E-state index in [9.17, 15) is 0 Å².